The average Bonchev–Trinajstić information content (AvgIpc) is 2.79. The summed E-state index contributed by atoms with van der Waals surface area (Å²) in [5.41, 5.74) is -0.156. The second-order valence-electron chi connectivity index (χ2n) is 9.43. The molecule has 4 heteroatoms. The summed E-state index contributed by atoms with van der Waals surface area (Å²) in [5.74, 6) is 1.11. The molecule has 0 aromatic rings. The Morgan fingerprint density at radius 1 is 1.23 bits per heavy atom. The summed E-state index contributed by atoms with van der Waals surface area (Å²) in [4.78, 5) is 36.9. The van der Waals surface area contributed by atoms with E-state index in [1.54, 1.807) is 0 Å². The van der Waals surface area contributed by atoms with Gasteiger partial charge in [0.25, 0.3) is 0 Å². The van der Waals surface area contributed by atoms with Gasteiger partial charge in [-0.1, -0.05) is 6.92 Å². The molecule has 0 amide bonds. The van der Waals surface area contributed by atoms with E-state index in [4.69, 9.17) is 4.74 Å². The fourth-order valence-electron chi connectivity index (χ4n) is 4.85. The van der Waals surface area contributed by atoms with E-state index < -0.39 is 0 Å². The van der Waals surface area contributed by atoms with Crippen molar-refractivity contribution in [3.8, 4) is 0 Å². The molecule has 0 spiro atoms. The van der Waals surface area contributed by atoms with Gasteiger partial charge in [-0.25, -0.2) is 0 Å². The fraction of sp³-hybridized carbons (Fsp3) is 0.864. The Morgan fingerprint density at radius 2 is 1.92 bits per heavy atom. The largest absolute Gasteiger partial charge is 0.373 e. The van der Waals surface area contributed by atoms with Crippen LogP contribution in [0.5, 0.6) is 0 Å². The van der Waals surface area contributed by atoms with Crippen LogP contribution in [0.1, 0.15) is 86.0 Å². The molecule has 0 aromatic carbocycles. The fourth-order valence-corrected chi connectivity index (χ4v) is 4.85. The maximum absolute atomic E-state index is 12.4. The molecule has 2 saturated carbocycles. The number of ether oxygens (including phenoxy) is 1. The lowest BCUT2D eigenvalue weighted by atomic mass is 9.71. The first-order valence-corrected chi connectivity index (χ1v) is 10.3. The molecule has 0 saturated heterocycles. The van der Waals surface area contributed by atoms with Crippen LogP contribution >= 0.6 is 0 Å². The molecular formula is C22H36O4. The Labute approximate surface area is 158 Å². The van der Waals surface area contributed by atoms with Gasteiger partial charge < -0.3 is 4.74 Å². The first-order valence-electron chi connectivity index (χ1n) is 10.3. The Hall–Kier alpha value is -1.03. The zero-order chi connectivity index (χ0) is 19.5. The van der Waals surface area contributed by atoms with E-state index in [9.17, 15) is 14.4 Å². The number of hydrogen-bond donors (Lipinski definition) is 0. The van der Waals surface area contributed by atoms with Crippen molar-refractivity contribution in [2.24, 2.45) is 23.7 Å². The lowest BCUT2D eigenvalue weighted by molar-refractivity contribution is -0.131. The summed E-state index contributed by atoms with van der Waals surface area (Å²) in [5, 5.41) is 0. The maximum atomic E-state index is 12.4. The number of carbonyl (C=O) groups excluding carboxylic acids is 3. The minimum absolute atomic E-state index is 0.0678. The van der Waals surface area contributed by atoms with Crippen molar-refractivity contribution < 1.29 is 19.1 Å². The van der Waals surface area contributed by atoms with Crippen molar-refractivity contribution in [1.82, 2.24) is 0 Å². The summed E-state index contributed by atoms with van der Waals surface area (Å²) in [6.07, 6.45) is 5.58. The molecule has 0 aliphatic heterocycles. The Balaban J connectivity index is 1.74. The molecule has 2 unspecified atom stereocenters. The molecule has 26 heavy (non-hydrogen) atoms. The lowest BCUT2D eigenvalue weighted by Gasteiger charge is -2.31. The number of Topliss-reactive ketones (excluding diaryl/α,β-unsaturated/α-hetero) is 3. The molecule has 148 valence electrons. The SMILES string of the molecule is CC1C[C@H]2C(CCC(=O)CCC[C@@H](C)OC(C)(C)C)C(=O)CC[C@@H]2C1=O. The molecule has 0 radical (unpaired) electrons. The van der Waals surface area contributed by atoms with E-state index in [2.05, 4.69) is 6.92 Å². The Kier molecular flexibility index (Phi) is 7.18. The lowest BCUT2D eigenvalue weighted by Crippen LogP contribution is -2.34. The molecule has 2 aliphatic rings. The molecule has 0 N–H and O–H groups in total. The number of carbonyl (C=O) groups is 3. The van der Waals surface area contributed by atoms with Gasteiger partial charge in [0.2, 0.25) is 0 Å². The maximum Gasteiger partial charge on any atom is 0.139 e. The zero-order valence-corrected chi connectivity index (χ0v) is 17.2. The highest BCUT2D eigenvalue weighted by molar-refractivity contribution is 5.91. The molecule has 2 fully saturated rings. The van der Waals surface area contributed by atoms with Gasteiger partial charge in [0.1, 0.15) is 17.3 Å². The van der Waals surface area contributed by atoms with E-state index >= 15 is 0 Å². The smallest absolute Gasteiger partial charge is 0.139 e. The first kappa shape index (κ1) is 21.3. The van der Waals surface area contributed by atoms with E-state index in [0.717, 1.165) is 25.7 Å². The molecule has 2 aliphatic carbocycles. The molecule has 2 rings (SSSR count). The van der Waals surface area contributed by atoms with E-state index in [-0.39, 0.29) is 46.9 Å². The van der Waals surface area contributed by atoms with Gasteiger partial charge >= 0.3 is 0 Å². The minimum Gasteiger partial charge on any atom is -0.373 e. The number of hydrogen-bond acceptors (Lipinski definition) is 4. The van der Waals surface area contributed by atoms with Crippen LogP contribution < -0.4 is 0 Å². The van der Waals surface area contributed by atoms with Crippen LogP contribution in [0.3, 0.4) is 0 Å². The summed E-state index contributed by atoms with van der Waals surface area (Å²) < 4.78 is 5.87. The van der Waals surface area contributed by atoms with Crippen molar-refractivity contribution in [3.05, 3.63) is 0 Å². The third-order valence-electron chi connectivity index (χ3n) is 5.98. The van der Waals surface area contributed by atoms with Crippen LogP contribution in [-0.2, 0) is 19.1 Å². The van der Waals surface area contributed by atoms with Gasteiger partial charge in [0.05, 0.1) is 11.7 Å². The number of fused-ring (bicyclic) bond motifs is 1. The van der Waals surface area contributed by atoms with Gasteiger partial charge in [-0.3, -0.25) is 14.4 Å². The van der Waals surface area contributed by atoms with E-state index in [0.29, 0.717) is 31.5 Å². The van der Waals surface area contributed by atoms with Crippen molar-refractivity contribution in [2.75, 3.05) is 0 Å². The predicted molar refractivity (Wildman–Crippen MR) is 102 cm³/mol. The van der Waals surface area contributed by atoms with Gasteiger partial charge in [0.15, 0.2) is 0 Å². The average molecular weight is 365 g/mol. The first-order chi connectivity index (χ1) is 12.1. The topological polar surface area (TPSA) is 60.4 Å². The predicted octanol–water partition coefficient (Wildman–Crippen LogP) is 4.53. The van der Waals surface area contributed by atoms with Crippen LogP contribution in [-0.4, -0.2) is 29.1 Å². The van der Waals surface area contributed by atoms with Crippen LogP contribution in [0.15, 0.2) is 0 Å². The van der Waals surface area contributed by atoms with E-state index in [1.165, 1.54) is 0 Å². The third kappa shape index (κ3) is 5.73. The summed E-state index contributed by atoms with van der Waals surface area (Å²) in [6.45, 7) is 10.1. The third-order valence-corrected chi connectivity index (χ3v) is 5.98. The minimum atomic E-state index is -0.156. The van der Waals surface area contributed by atoms with Crippen molar-refractivity contribution in [1.29, 1.82) is 0 Å². The quantitative estimate of drug-likeness (QED) is 0.635. The highest BCUT2D eigenvalue weighted by Crippen LogP contribution is 2.46. The van der Waals surface area contributed by atoms with Crippen molar-refractivity contribution >= 4 is 17.3 Å². The van der Waals surface area contributed by atoms with E-state index in [1.807, 2.05) is 27.7 Å². The van der Waals surface area contributed by atoms with Gasteiger partial charge in [-0.2, -0.15) is 0 Å². The second-order valence-corrected chi connectivity index (χ2v) is 9.43. The van der Waals surface area contributed by atoms with Crippen molar-refractivity contribution in [2.45, 2.75) is 97.7 Å². The van der Waals surface area contributed by atoms with Gasteiger partial charge in [-0.05, 0) is 65.7 Å². The van der Waals surface area contributed by atoms with Crippen LogP contribution in [0, 0.1) is 23.7 Å². The Morgan fingerprint density at radius 3 is 2.58 bits per heavy atom. The molecular weight excluding hydrogens is 328 g/mol. The standard InChI is InChI=1S/C22H36O4/c1-14-13-19-17(20(24)12-11-18(19)21(14)25)10-9-16(23)8-6-7-15(2)26-22(3,4)5/h14-15,17-19H,6-13H2,1-5H3/t14?,15-,17?,18+,19+/m1/s1. The summed E-state index contributed by atoms with van der Waals surface area (Å²) in [6, 6.07) is 0. The van der Waals surface area contributed by atoms with Crippen molar-refractivity contribution in [3.63, 3.8) is 0 Å². The highest BCUT2D eigenvalue weighted by Gasteiger charge is 2.48. The van der Waals surface area contributed by atoms with Crippen LogP contribution in [0.4, 0.5) is 0 Å². The number of rotatable bonds is 8. The normalized spacial score (nSPS) is 30.3. The molecule has 0 heterocycles. The van der Waals surface area contributed by atoms with Crippen LogP contribution in [0.2, 0.25) is 0 Å². The number of ketones is 3. The Bertz CT molecular complexity index is 531. The highest BCUT2D eigenvalue weighted by atomic mass is 16.5. The second kappa shape index (κ2) is 8.77. The molecule has 0 bridgehead atoms. The van der Waals surface area contributed by atoms with Crippen LogP contribution in [0.25, 0.3) is 0 Å². The summed E-state index contributed by atoms with van der Waals surface area (Å²) >= 11 is 0. The van der Waals surface area contributed by atoms with Gasteiger partial charge in [0, 0.05) is 37.0 Å². The zero-order valence-electron chi connectivity index (χ0n) is 17.2. The molecule has 0 aromatic heterocycles. The summed E-state index contributed by atoms with van der Waals surface area (Å²) in [7, 11) is 0. The van der Waals surface area contributed by atoms with Gasteiger partial charge in [-0.15, -0.1) is 0 Å². The molecule has 4 nitrogen and oxygen atoms in total. The molecule has 5 atom stereocenters. The monoisotopic (exact) mass is 364 g/mol.